The molecular weight excluding hydrogens is 256 g/mol. The predicted molar refractivity (Wildman–Crippen MR) is 68.0 cm³/mol. The molecule has 0 unspecified atom stereocenters. The zero-order valence-electron chi connectivity index (χ0n) is 10.0. The fraction of sp³-hybridized carbons (Fsp3) is 0.364. The molecule has 0 bridgehead atoms. The van der Waals surface area contributed by atoms with E-state index in [1.165, 1.54) is 6.07 Å². The van der Waals surface area contributed by atoms with Gasteiger partial charge >= 0.3 is 5.97 Å². The molecule has 18 heavy (non-hydrogen) atoms. The average Bonchev–Trinajstić information content (AvgIpc) is 2.29. The van der Waals surface area contributed by atoms with Crippen molar-refractivity contribution in [1.82, 2.24) is 4.72 Å². The molecule has 0 aliphatic rings. The summed E-state index contributed by atoms with van der Waals surface area (Å²) in [7, 11) is -3.55. The summed E-state index contributed by atoms with van der Waals surface area (Å²) in [5, 5.41) is 11.3. The third-order valence-electron chi connectivity index (χ3n) is 2.17. The number of sulfonamides is 1. The monoisotopic (exact) mass is 272 g/mol. The highest BCUT2D eigenvalue weighted by Crippen LogP contribution is 2.20. The quantitative estimate of drug-likeness (QED) is 0.684. The number of hydrogen-bond donors (Lipinski definition) is 3. The molecule has 0 amide bonds. The number of hydrogen-bond acceptors (Lipinski definition) is 4. The second-order valence-electron chi connectivity index (χ2n) is 3.57. The van der Waals surface area contributed by atoms with Gasteiger partial charge < -0.3 is 10.4 Å². The number of carboxylic acid groups (broad SMARTS) is 1. The van der Waals surface area contributed by atoms with E-state index in [0.717, 1.165) is 0 Å². The molecule has 0 heterocycles. The van der Waals surface area contributed by atoms with Gasteiger partial charge in [0.05, 0.1) is 12.1 Å². The molecule has 1 aromatic carbocycles. The maximum Gasteiger partial charge on any atom is 0.305 e. The highest BCUT2D eigenvalue weighted by atomic mass is 32.2. The van der Waals surface area contributed by atoms with Crippen LogP contribution in [0, 0.1) is 0 Å². The largest absolute Gasteiger partial charge is 0.481 e. The normalized spacial score (nSPS) is 11.2. The molecule has 6 nitrogen and oxygen atoms in total. The first-order chi connectivity index (χ1) is 8.47. The molecule has 7 heteroatoms. The molecular formula is C11H16N2O4S. The van der Waals surface area contributed by atoms with Gasteiger partial charge in [0.2, 0.25) is 10.0 Å². The van der Waals surface area contributed by atoms with E-state index in [1.807, 2.05) is 0 Å². The van der Waals surface area contributed by atoms with Gasteiger partial charge in [0.1, 0.15) is 4.90 Å². The molecule has 0 aliphatic heterocycles. The lowest BCUT2D eigenvalue weighted by Crippen LogP contribution is -2.24. The molecule has 0 fully saturated rings. The van der Waals surface area contributed by atoms with Crippen LogP contribution in [0.15, 0.2) is 29.2 Å². The van der Waals surface area contributed by atoms with E-state index < -0.39 is 16.0 Å². The van der Waals surface area contributed by atoms with Crippen LogP contribution in [-0.2, 0) is 14.8 Å². The maximum atomic E-state index is 11.9. The Morgan fingerprint density at radius 1 is 1.33 bits per heavy atom. The first kappa shape index (κ1) is 14.5. The third-order valence-corrected chi connectivity index (χ3v) is 3.77. The van der Waals surface area contributed by atoms with E-state index in [-0.39, 0.29) is 17.9 Å². The van der Waals surface area contributed by atoms with Crippen molar-refractivity contribution in [2.24, 2.45) is 0 Å². The van der Waals surface area contributed by atoms with Crippen molar-refractivity contribution in [2.45, 2.75) is 18.2 Å². The smallest absolute Gasteiger partial charge is 0.305 e. The van der Waals surface area contributed by atoms with Crippen molar-refractivity contribution in [3.63, 3.8) is 0 Å². The molecule has 0 aromatic heterocycles. The zero-order valence-corrected chi connectivity index (χ0v) is 10.8. The zero-order chi connectivity index (χ0) is 13.6. The minimum atomic E-state index is -3.55. The van der Waals surface area contributed by atoms with Crippen LogP contribution >= 0.6 is 0 Å². The van der Waals surface area contributed by atoms with Crippen LogP contribution in [0.4, 0.5) is 5.69 Å². The lowest BCUT2D eigenvalue weighted by molar-refractivity contribution is -0.136. The highest BCUT2D eigenvalue weighted by molar-refractivity contribution is 7.89. The number of para-hydroxylation sites is 1. The van der Waals surface area contributed by atoms with Crippen LogP contribution < -0.4 is 10.0 Å². The van der Waals surface area contributed by atoms with Crippen LogP contribution in [0.5, 0.6) is 0 Å². The van der Waals surface area contributed by atoms with Gasteiger partial charge in [0.15, 0.2) is 0 Å². The Hall–Kier alpha value is -1.60. The van der Waals surface area contributed by atoms with Crippen molar-refractivity contribution in [2.75, 3.05) is 18.4 Å². The van der Waals surface area contributed by atoms with Crippen LogP contribution in [0.3, 0.4) is 0 Å². The van der Waals surface area contributed by atoms with Crippen molar-refractivity contribution in [3.8, 4) is 0 Å². The fourth-order valence-corrected chi connectivity index (χ4v) is 2.64. The van der Waals surface area contributed by atoms with Crippen LogP contribution in [0.1, 0.15) is 13.3 Å². The first-order valence-corrected chi connectivity index (χ1v) is 7.00. The molecule has 0 spiro atoms. The minimum absolute atomic E-state index is 0.0738. The van der Waals surface area contributed by atoms with Crippen molar-refractivity contribution in [3.05, 3.63) is 24.3 Å². The molecule has 0 atom stereocenters. The Bertz CT molecular complexity index is 514. The number of nitrogens with one attached hydrogen (secondary N) is 2. The van der Waals surface area contributed by atoms with E-state index in [2.05, 4.69) is 10.0 Å². The van der Waals surface area contributed by atoms with Gasteiger partial charge in [0.25, 0.3) is 0 Å². The van der Waals surface area contributed by atoms with Gasteiger partial charge in [0, 0.05) is 13.1 Å². The second-order valence-corrected chi connectivity index (χ2v) is 5.30. The first-order valence-electron chi connectivity index (χ1n) is 5.51. The Morgan fingerprint density at radius 2 is 2.00 bits per heavy atom. The minimum Gasteiger partial charge on any atom is -0.481 e. The van der Waals surface area contributed by atoms with Crippen molar-refractivity contribution < 1.29 is 18.3 Å². The number of aliphatic carboxylic acids is 1. The predicted octanol–water partition coefficient (Wildman–Crippen LogP) is 0.871. The lowest BCUT2D eigenvalue weighted by atomic mass is 10.3. The van der Waals surface area contributed by atoms with Crippen LogP contribution in [0.2, 0.25) is 0 Å². The molecule has 1 aromatic rings. The van der Waals surface area contributed by atoms with Crippen LogP contribution in [0.25, 0.3) is 0 Å². The fourth-order valence-electron chi connectivity index (χ4n) is 1.42. The van der Waals surface area contributed by atoms with Gasteiger partial charge in [-0.25, -0.2) is 13.1 Å². The highest BCUT2D eigenvalue weighted by Gasteiger charge is 2.16. The summed E-state index contributed by atoms with van der Waals surface area (Å²) in [5.41, 5.74) is 0.403. The standard InChI is InChI=1S/C11H16N2O4S/c1-2-13-18(16,17)10-6-4-3-5-9(10)12-8-7-11(14)15/h3-6,12-13H,2,7-8H2,1H3,(H,14,15). The van der Waals surface area contributed by atoms with E-state index in [0.29, 0.717) is 12.2 Å². The molecule has 3 N–H and O–H groups in total. The van der Waals surface area contributed by atoms with Crippen molar-refractivity contribution >= 4 is 21.7 Å². The Morgan fingerprint density at radius 3 is 2.61 bits per heavy atom. The van der Waals surface area contributed by atoms with Gasteiger partial charge in [-0.05, 0) is 12.1 Å². The summed E-state index contributed by atoms with van der Waals surface area (Å²) in [6, 6.07) is 6.38. The number of anilines is 1. The molecule has 0 aliphatic carbocycles. The third kappa shape index (κ3) is 4.01. The maximum absolute atomic E-state index is 11.9. The summed E-state index contributed by atoms with van der Waals surface area (Å²) in [4.78, 5) is 10.5. The summed E-state index contributed by atoms with van der Waals surface area (Å²) in [5.74, 6) is -0.936. The summed E-state index contributed by atoms with van der Waals surface area (Å²) in [6.07, 6.45) is -0.0738. The summed E-state index contributed by atoms with van der Waals surface area (Å²) >= 11 is 0. The number of benzene rings is 1. The lowest BCUT2D eigenvalue weighted by Gasteiger charge is -2.11. The van der Waals surface area contributed by atoms with E-state index >= 15 is 0 Å². The second kappa shape index (κ2) is 6.36. The molecule has 0 radical (unpaired) electrons. The van der Waals surface area contributed by atoms with Gasteiger partial charge in [-0.15, -0.1) is 0 Å². The van der Waals surface area contributed by atoms with Gasteiger partial charge in [-0.3, -0.25) is 4.79 Å². The molecule has 100 valence electrons. The Kier molecular flexibility index (Phi) is 5.11. The number of rotatable bonds is 7. The SMILES string of the molecule is CCNS(=O)(=O)c1ccccc1NCCC(=O)O. The van der Waals surface area contributed by atoms with Gasteiger partial charge in [-0.2, -0.15) is 0 Å². The van der Waals surface area contributed by atoms with Crippen LogP contribution in [-0.4, -0.2) is 32.6 Å². The van der Waals surface area contributed by atoms with E-state index in [9.17, 15) is 13.2 Å². The summed E-state index contributed by atoms with van der Waals surface area (Å²) < 4.78 is 26.2. The summed E-state index contributed by atoms with van der Waals surface area (Å²) in [6.45, 7) is 2.16. The van der Waals surface area contributed by atoms with E-state index in [1.54, 1.807) is 25.1 Å². The average molecular weight is 272 g/mol. The van der Waals surface area contributed by atoms with Gasteiger partial charge in [-0.1, -0.05) is 19.1 Å². The Balaban J connectivity index is 2.89. The topological polar surface area (TPSA) is 95.5 Å². The molecule has 0 saturated carbocycles. The Labute approximate surface area is 106 Å². The van der Waals surface area contributed by atoms with E-state index in [4.69, 9.17) is 5.11 Å². The number of carboxylic acids is 1. The van der Waals surface area contributed by atoms with Crippen molar-refractivity contribution in [1.29, 1.82) is 0 Å². The molecule has 1 rings (SSSR count). The number of carbonyl (C=O) groups is 1. The molecule has 0 saturated heterocycles.